The second kappa shape index (κ2) is 8.40. The molecule has 0 heterocycles. The summed E-state index contributed by atoms with van der Waals surface area (Å²) in [5, 5.41) is 3.44. The van der Waals surface area contributed by atoms with E-state index in [0.29, 0.717) is 6.04 Å². The van der Waals surface area contributed by atoms with E-state index in [-0.39, 0.29) is 0 Å². The van der Waals surface area contributed by atoms with Crippen molar-refractivity contribution in [2.45, 2.75) is 26.3 Å². The largest absolute Gasteiger partial charge is 0.312 e. The van der Waals surface area contributed by atoms with Gasteiger partial charge in [-0.25, -0.2) is 0 Å². The molecule has 0 amide bonds. The van der Waals surface area contributed by atoms with E-state index < -0.39 is 0 Å². The van der Waals surface area contributed by atoms with Crippen LogP contribution in [0.4, 0.5) is 0 Å². The fourth-order valence-electron chi connectivity index (χ4n) is 2.40. The molecule has 1 N–H and O–H groups in total. The van der Waals surface area contributed by atoms with Gasteiger partial charge in [0.25, 0.3) is 0 Å². The molecular weight excluding hydrogens is 246 g/mol. The summed E-state index contributed by atoms with van der Waals surface area (Å²) in [6.45, 7) is 7.69. The maximum atomic E-state index is 3.44. The van der Waals surface area contributed by atoms with Crippen molar-refractivity contribution in [1.82, 2.24) is 15.1 Å². The van der Waals surface area contributed by atoms with Crippen molar-refractivity contribution in [2.75, 3.05) is 47.8 Å². The Kier molecular flexibility index (Phi) is 7.20. The van der Waals surface area contributed by atoms with E-state index >= 15 is 0 Å². The van der Waals surface area contributed by atoms with E-state index in [1.807, 2.05) is 7.05 Å². The summed E-state index contributed by atoms with van der Waals surface area (Å²) >= 11 is 0. The summed E-state index contributed by atoms with van der Waals surface area (Å²) in [6, 6.07) is 7.18. The highest BCUT2D eigenvalue weighted by Crippen LogP contribution is 2.17. The van der Waals surface area contributed by atoms with Crippen molar-refractivity contribution in [2.24, 2.45) is 0 Å². The Bertz CT molecular complexity index is 401. The molecule has 20 heavy (non-hydrogen) atoms. The van der Waals surface area contributed by atoms with Gasteiger partial charge >= 0.3 is 0 Å². The van der Waals surface area contributed by atoms with Gasteiger partial charge < -0.3 is 15.1 Å². The Balaban J connectivity index is 2.55. The highest BCUT2D eigenvalue weighted by Gasteiger charge is 2.12. The molecule has 1 unspecified atom stereocenters. The van der Waals surface area contributed by atoms with Gasteiger partial charge in [-0.05, 0) is 78.2 Å². The molecular formula is C17H31N3. The van der Waals surface area contributed by atoms with Crippen LogP contribution in [-0.4, -0.2) is 57.6 Å². The maximum absolute atomic E-state index is 3.44. The van der Waals surface area contributed by atoms with Gasteiger partial charge in [-0.3, -0.25) is 0 Å². The monoisotopic (exact) mass is 277 g/mol. The first-order valence-electron chi connectivity index (χ1n) is 7.51. The number of nitrogens with one attached hydrogen (secondary N) is 1. The van der Waals surface area contributed by atoms with Crippen LogP contribution in [0, 0.1) is 13.8 Å². The molecule has 3 heteroatoms. The molecule has 0 aromatic heterocycles. The molecule has 1 aromatic rings. The van der Waals surface area contributed by atoms with Crippen LogP contribution in [-0.2, 0) is 0 Å². The number of rotatable bonds is 8. The molecule has 0 aliphatic heterocycles. The average Bonchev–Trinajstić information content (AvgIpc) is 2.39. The summed E-state index contributed by atoms with van der Waals surface area (Å²) in [5.41, 5.74) is 4.12. The second-order valence-electron chi connectivity index (χ2n) is 6.10. The molecule has 0 spiro atoms. The first-order valence-corrected chi connectivity index (χ1v) is 7.51. The third kappa shape index (κ3) is 5.61. The molecule has 1 aromatic carbocycles. The van der Waals surface area contributed by atoms with Crippen molar-refractivity contribution in [3.05, 3.63) is 34.9 Å². The lowest BCUT2D eigenvalue weighted by Gasteiger charge is -2.25. The van der Waals surface area contributed by atoms with Crippen LogP contribution in [0.2, 0.25) is 0 Å². The molecule has 0 fully saturated rings. The van der Waals surface area contributed by atoms with Gasteiger partial charge in [-0.2, -0.15) is 0 Å². The van der Waals surface area contributed by atoms with Gasteiger partial charge in [0.15, 0.2) is 0 Å². The summed E-state index contributed by atoms with van der Waals surface area (Å²) in [6.07, 6.45) is 1.22. The predicted octanol–water partition coefficient (Wildman–Crippen LogP) is 2.45. The fraction of sp³-hybridized carbons (Fsp3) is 0.647. The molecule has 0 saturated carbocycles. The van der Waals surface area contributed by atoms with Gasteiger partial charge in [-0.1, -0.05) is 18.2 Å². The number of hydrogen-bond donors (Lipinski definition) is 1. The Labute approximate surface area is 125 Å². The first kappa shape index (κ1) is 17.2. The summed E-state index contributed by atoms with van der Waals surface area (Å²) in [7, 11) is 8.52. The van der Waals surface area contributed by atoms with Gasteiger partial charge in [0.05, 0.1) is 0 Å². The lowest BCUT2D eigenvalue weighted by molar-refractivity contribution is 0.275. The van der Waals surface area contributed by atoms with Crippen LogP contribution in [0.3, 0.4) is 0 Å². The minimum absolute atomic E-state index is 0.402. The topological polar surface area (TPSA) is 18.5 Å². The van der Waals surface area contributed by atoms with Crippen LogP contribution in [0.15, 0.2) is 18.2 Å². The van der Waals surface area contributed by atoms with Gasteiger partial charge in [0, 0.05) is 12.6 Å². The Morgan fingerprint density at radius 2 is 1.75 bits per heavy atom. The molecule has 0 saturated heterocycles. The fourth-order valence-corrected chi connectivity index (χ4v) is 2.40. The van der Waals surface area contributed by atoms with Crippen molar-refractivity contribution < 1.29 is 0 Å². The maximum Gasteiger partial charge on any atom is 0.0446 e. The summed E-state index contributed by atoms with van der Waals surface area (Å²) in [5.74, 6) is 0. The second-order valence-corrected chi connectivity index (χ2v) is 6.10. The third-order valence-electron chi connectivity index (χ3n) is 3.92. The summed E-state index contributed by atoms with van der Waals surface area (Å²) in [4.78, 5) is 4.66. The number of aryl methyl sites for hydroxylation is 2. The van der Waals surface area contributed by atoms with Crippen LogP contribution < -0.4 is 5.32 Å². The van der Waals surface area contributed by atoms with Crippen LogP contribution in [0.5, 0.6) is 0 Å². The molecule has 0 radical (unpaired) electrons. The van der Waals surface area contributed by atoms with Crippen molar-refractivity contribution in [3.8, 4) is 0 Å². The zero-order valence-corrected chi connectivity index (χ0v) is 14.0. The molecule has 0 aliphatic rings. The predicted molar refractivity (Wildman–Crippen MR) is 88.4 cm³/mol. The van der Waals surface area contributed by atoms with Gasteiger partial charge in [-0.15, -0.1) is 0 Å². The summed E-state index contributed by atoms with van der Waals surface area (Å²) < 4.78 is 0. The Morgan fingerprint density at radius 1 is 1.05 bits per heavy atom. The number of benzene rings is 1. The smallest absolute Gasteiger partial charge is 0.0446 e. The van der Waals surface area contributed by atoms with E-state index in [1.54, 1.807) is 0 Å². The van der Waals surface area contributed by atoms with Crippen LogP contribution in [0.1, 0.15) is 29.2 Å². The van der Waals surface area contributed by atoms with Crippen LogP contribution in [0.25, 0.3) is 0 Å². The zero-order valence-electron chi connectivity index (χ0n) is 14.0. The first-order chi connectivity index (χ1) is 9.43. The minimum Gasteiger partial charge on any atom is -0.312 e. The normalized spacial score (nSPS) is 13.2. The minimum atomic E-state index is 0.402. The van der Waals surface area contributed by atoms with Crippen molar-refractivity contribution in [1.29, 1.82) is 0 Å². The molecule has 114 valence electrons. The van der Waals surface area contributed by atoms with E-state index in [4.69, 9.17) is 0 Å². The molecule has 1 atom stereocenters. The average molecular weight is 277 g/mol. The van der Waals surface area contributed by atoms with Crippen molar-refractivity contribution >= 4 is 0 Å². The van der Waals surface area contributed by atoms with Gasteiger partial charge in [0.2, 0.25) is 0 Å². The van der Waals surface area contributed by atoms with Gasteiger partial charge in [0.1, 0.15) is 0 Å². The van der Waals surface area contributed by atoms with Crippen LogP contribution >= 0.6 is 0 Å². The molecule has 1 rings (SSSR count). The highest BCUT2D eigenvalue weighted by molar-refractivity contribution is 5.31. The zero-order chi connectivity index (χ0) is 15.1. The Hall–Kier alpha value is -0.900. The van der Waals surface area contributed by atoms with E-state index in [9.17, 15) is 0 Å². The number of likely N-dealkylation sites (N-methyl/N-ethyl adjacent to an activating group) is 2. The molecule has 0 bridgehead atoms. The van der Waals surface area contributed by atoms with E-state index in [1.165, 1.54) is 23.1 Å². The number of hydrogen-bond acceptors (Lipinski definition) is 3. The van der Waals surface area contributed by atoms with E-state index in [0.717, 1.165) is 19.6 Å². The third-order valence-corrected chi connectivity index (χ3v) is 3.92. The molecule has 3 nitrogen and oxygen atoms in total. The van der Waals surface area contributed by atoms with Crippen molar-refractivity contribution in [3.63, 3.8) is 0 Å². The highest BCUT2D eigenvalue weighted by atomic mass is 15.1. The lowest BCUT2D eigenvalue weighted by atomic mass is 10.0. The SMILES string of the molecule is CNC(CN(C)CCCN(C)C)c1ccc(C)c(C)c1. The number of nitrogens with zero attached hydrogens (tertiary/aromatic N) is 2. The molecule has 0 aliphatic carbocycles. The quantitative estimate of drug-likeness (QED) is 0.787. The Morgan fingerprint density at radius 3 is 2.30 bits per heavy atom. The lowest BCUT2D eigenvalue weighted by Crippen LogP contribution is -2.33. The van der Waals surface area contributed by atoms with E-state index in [2.05, 4.69) is 68.3 Å². The standard InChI is InChI=1S/C17H31N3/c1-14-8-9-16(12-15(14)2)17(18-3)13-20(6)11-7-10-19(4)5/h8-9,12,17-18H,7,10-11,13H2,1-6H3.